The molecule has 2 rings (SSSR count). The van der Waals surface area contributed by atoms with Crippen molar-refractivity contribution in [2.45, 2.75) is 13.0 Å². The topological polar surface area (TPSA) is 28.2 Å². The van der Waals surface area contributed by atoms with Gasteiger partial charge in [-0.1, -0.05) is 18.2 Å². The van der Waals surface area contributed by atoms with Crippen molar-refractivity contribution in [2.75, 3.05) is 25.5 Å². The molecule has 0 spiro atoms. The molecule has 1 N–H and O–H groups in total. The Morgan fingerprint density at radius 3 is 2.53 bits per heavy atom. The Labute approximate surface area is 115 Å². The van der Waals surface area contributed by atoms with Crippen molar-refractivity contribution < 1.29 is 0 Å². The normalized spacial score (nSPS) is 10.6. The van der Waals surface area contributed by atoms with Crippen molar-refractivity contribution in [3.05, 3.63) is 60.4 Å². The molecule has 0 saturated heterocycles. The van der Waals surface area contributed by atoms with Crippen LogP contribution in [0.25, 0.3) is 0 Å². The molecule has 0 amide bonds. The van der Waals surface area contributed by atoms with E-state index < -0.39 is 0 Å². The number of hydrogen-bond acceptors (Lipinski definition) is 3. The second-order valence-corrected chi connectivity index (χ2v) is 4.74. The minimum Gasteiger partial charge on any atom is -0.385 e. The first-order chi connectivity index (χ1) is 9.34. The molecule has 1 heterocycles. The number of aromatic nitrogens is 1. The zero-order valence-electron chi connectivity index (χ0n) is 11.4. The third-order valence-electron chi connectivity index (χ3n) is 3.02. The maximum absolute atomic E-state index is 4.03. The van der Waals surface area contributed by atoms with Crippen LogP contribution in [0.3, 0.4) is 0 Å². The minimum atomic E-state index is 0.980. The van der Waals surface area contributed by atoms with Gasteiger partial charge in [0.1, 0.15) is 0 Å². The molecule has 1 aromatic carbocycles. The third kappa shape index (κ3) is 5.10. The van der Waals surface area contributed by atoms with E-state index in [1.54, 1.807) is 0 Å². The van der Waals surface area contributed by atoms with Crippen molar-refractivity contribution in [2.24, 2.45) is 0 Å². The Balaban J connectivity index is 1.63. The quantitative estimate of drug-likeness (QED) is 0.771. The van der Waals surface area contributed by atoms with Crippen LogP contribution in [-0.2, 0) is 6.54 Å². The zero-order chi connectivity index (χ0) is 13.3. The molecule has 0 aliphatic rings. The summed E-state index contributed by atoms with van der Waals surface area (Å²) in [4.78, 5) is 6.37. The number of nitrogens with one attached hydrogen (secondary N) is 1. The van der Waals surface area contributed by atoms with Crippen molar-refractivity contribution in [1.29, 1.82) is 0 Å². The highest BCUT2D eigenvalue weighted by Crippen LogP contribution is 2.05. The summed E-state index contributed by atoms with van der Waals surface area (Å²) in [7, 11) is 2.16. The molecule has 100 valence electrons. The molecule has 3 heteroatoms. The lowest BCUT2D eigenvalue weighted by Gasteiger charge is -2.16. The molecule has 1 aromatic heterocycles. The maximum atomic E-state index is 4.03. The van der Waals surface area contributed by atoms with Crippen LogP contribution in [0.4, 0.5) is 5.69 Å². The SMILES string of the molecule is CN(CCCNc1ccccc1)Cc1ccncc1. The molecular formula is C16H21N3. The van der Waals surface area contributed by atoms with Crippen molar-refractivity contribution in [1.82, 2.24) is 9.88 Å². The average molecular weight is 255 g/mol. The van der Waals surface area contributed by atoms with Gasteiger partial charge in [-0.05, 0) is 49.8 Å². The van der Waals surface area contributed by atoms with Crippen LogP contribution in [0, 0.1) is 0 Å². The van der Waals surface area contributed by atoms with Gasteiger partial charge in [-0.3, -0.25) is 4.98 Å². The van der Waals surface area contributed by atoms with Crippen LogP contribution < -0.4 is 5.32 Å². The van der Waals surface area contributed by atoms with Gasteiger partial charge in [0, 0.05) is 31.2 Å². The molecular weight excluding hydrogens is 234 g/mol. The van der Waals surface area contributed by atoms with Gasteiger partial charge in [-0.25, -0.2) is 0 Å². The van der Waals surface area contributed by atoms with Crippen LogP contribution in [0.2, 0.25) is 0 Å². The Morgan fingerprint density at radius 2 is 1.79 bits per heavy atom. The fourth-order valence-corrected chi connectivity index (χ4v) is 2.02. The predicted octanol–water partition coefficient (Wildman–Crippen LogP) is 3.02. The Morgan fingerprint density at radius 1 is 1.05 bits per heavy atom. The fraction of sp³-hybridized carbons (Fsp3) is 0.312. The van der Waals surface area contributed by atoms with Gasteiger partial charge in [0.05, 0.1) is 0 Å². The van der Waals surface area contributed by atoms with Gasteiger partial charge in [0.2, 0.25) is 0 Å². The van der Waals surface area contributed by atoms with Gasteiger partial charge in [0.25, 0.3) is 0 Å². The first-order valence-electron chi connectivity index (χ1n) is 6.71. The van der Waals surface area contributed by atoms with E-state index in [1.165, 1.54) is 11.3 Å². The van der Waals surface area contributed by atoms with Crippen molar-refractivity contribution in [3.8, 4) is 0 Å². The van der Waals surface area contributed by atoms with Crippen LogP contribution in [0.5, 0.6) is 0 Å². The Kier molecular flexibility index (Phi) is 5.38. The maximum Gasteiger partial charge on any atom is 0.0340 e. The summed E-state index contributed by atoms with van der Waals surface area (Å²) in [6.45, 7) is 3.07. The summed E-state index contributed by atoms with van der Waals surface area (Å²) in [5, 5.41) is 3.43. The first-order valence-corrected chi connectivity index (χ1v) is 6.71. The summed E-state index contributed by atoms with van der Waals surface area (Å²) in [5.41, 5.74) is 2.51. The number of hydrogen-bond donors (Lipinski definition) is 1. The van der Waals surface area contributed by atoms with E-state index in [-0.39, 0.29) is 0 Å². The average Bonchev–Trinajstić information content (AvgIpc) is 2.46. The number of anilines is 1. The predicted molar refractivity (Wildman–Crippen MR) is 80.1 cm³/mol. The largest absolute Gasteiger partial charge is 0.385 e. The van der Waals surface area contributed by atoms with E-state index in [9.17, 15) is 0 Å². The van der Waals surface area contributed by atoms with Gasteiger partial charge < -0.3 is 10.2 Å². The van der Waals surface area contributed by atoms with Crippen LogP contribution in [-0.4, -0.2) is 30.0 Å². The van der Waals surface area contributed by atoms with Gasteiger partial charge in [-0.15, -0.1) is 0 Å². The van der Waals surface area contributed by atoms with E-state index in [4.69, 9.17) is 0 Å². The zero-order valence-corrected chi connectivity index (χ0v) is 11.4. The van der Waals surface area contributed by atoms with Crippen molar-refractivity contribution >= 4 is 5.69 Å². The number of nitrogens with zero attached hydrogens (tertiary/aromatic N) is 2. The molecule has 0 atom stereocenters. The molecule has 0 aliphatic carbocycles. The molecule has 0 fully saturated rings. The lowest BCUT2D eigenvalue weighted by molar-refractivity contribution is 0.325. The summed E-state index contributed by atoms with van der Waals surface area (Å²) in [5.74, 6) is 0. The molecule has 0 saturated carbocycles. The second kappa shape index (κ2) is 7.54. The summed E-state index contributed by atoms with van der Waals surface area (Å²) in [6.07, 6.45) is 4.83. The molecule has 2 aromatic rings. The molecule has 0 bridgehead atoms. The monoisotopic (exact) mass is 255 g/mol. The lowest BCUT2D eigenvalue weighted by atomic mass is 10.2. The molecule has 19 heavy (non-hydrogen) atoms. The number of benzene rings is 1. The number of pyridine rings is 1. The van der Waals surface area contributed by atoms with E-state index in [0.717, 1.165) is 26.1 Å². The Hall–Kier alpha value is -1.87. The molecule has 0 radical (unpaired) electrons. The molecule has 0 aliphatic heterocycles. The minimum absolute atomic E-state index is 0.980. The van der Waals surface area contributed by atoms with Gasteiger partial charge in [-0.2, -0.15) is 0 Å². The Bertz CT molecular complexity index is 456. The van der Waals surface area contributed by atoms with Gasteiger partial charge >= 0.3 is 0 Å². The summed E-state index contributed by atoms with van der Waals surface area (Å²) in [6, 6.07) is 14.5. The van der Waals surface area contributed by atoms with Crippen molar-refractivity contribution in [3.63, 3.8) is 0 Å². The van der Waals surface area contributed by atoms with E-state index in [2.05, 4.69) is 58.6 Å². The van der Waals surface area contributed by atoms with Crippen LogP contribution in [0.1, 0.15) is 12.0 Å². The third-order valence-corrected chi connectivity index (χ3v) is 3.02. The molecule has 3 nitrogen and oxygen atoms in total. The molecule has 0 unspecified atom stereocenters. The second-order valence-electron chi connectivity index (χ2n) is 4.74. The number of para-hydroxylation sites is 1. The van der Waals surface area contributed by atoms with Crippen LogP contribution in [0.15, 0.2) is 54.9 Å². The van der Waals surface area contributed by atoms with E-state index >= 15 is 0 Å². The summed E-state index contributed by atoms with van der Waals surface area (Å²) < 4.78 is 0. The standard InChI is InChI=1S/C16H21N3/c1-19(14-15-8-11-17-12-9-15)13-5-10-18-16-6-3-2-4-7-16/h2-4,6-9,11-12,18H,5,10,13-14H2,1H3. The first kappa shape index (κ1) is 13.6. The van der Waals surface area contributed by atoms with Crippen LogP contribution >= 0.6 is 0 Å². The highest BCUT2D eigenvalue weighted by atomic mass is 15.1. The highest BCUT2D eigenvalue weighted by Gasteiger charge is 1.99. The lowest BCUT2D eigenvalue weighted by Crippen LogP contribution is -2.21. The van der Waals surface area contributed by atoms with Gasteiger partial charge in [0.15, 0.2) is 0 Å². The van der Waals surface area contributed by atoms with E-state index in [1.807, 2.05) is 18.5 Å². The van der Waals surface area contributed by atoms with E-state index in [0.29, 0.717) is 0 Å². The highest BCUT2D eigenvalue weighted by molar-refractivity contribution is 5.42. The fourth-order valence-electron chi connectivity index (χ4n) is 2.02. The number of rotatable bonds is 7. The smallest absolute Gasteiger partial charge is 0.0340 e. The summed E-state index contributed by atoms with van der Waals surface area (Å²) >= 11 is 0.